The molecule has 0 saturated carbocycles. The Bertz CT molecular complexity index is 488. The second kappa shape index (κ2) is 6.88. The molecule has 1 aromatic rings. The zero-order valence-electron chi connectivity index (χ0n) is 11.7. The molecule has 0 bridgehead atoms. The molecule has 1 rings (SSSR count). The summed E-state index contributed by atoms with van der Waals surface area (Å²) in [5.41, 5.74) is 1.66. The van der Waals surface area contributed by atoms with Crippen molar-refractivity contribution in [2.45, 2.75) is 26.8 Å². The van der Waals surface area contributed by atoms with Crippen molar-refractivity contribution in [2.75, 3.05) is 13.6 Å². The van der Waals surface area contributed by atoms with E-state index in [-0.39, 0.29) is 11.8 Å². The monoisotopic (exact) mass is 374 g/mol. The zero-order valence-corrected chi connectivity index (χ0v) is 13.8. The SMILES string of the molecule is CCN(C)C(=O)C(C)NC(=O)c1cccc(C)c1I. The number of carbonyl (C=O) groups excluding carboxylic acids is 2. The van der Waals surface area contributed by atoms with Gasteiger partial charge in [0, 0.05) is 17.2 Å². The van der Waals surface area contributed by atoms with E-state index in [0.29, 0.717) is 12.1 Å². The fourth-order valence-corrected chi connectivity index (χ4v) is 2.25. The maximum absolute atomic E-state index is 12.2. The summed E-state index contributed by atoms with van der Waals surface area (Å²) in [5, 5.41) is 2.74. The Hall–Kier alpha value is -1.11. The van der Waals surface area contributed by atoms with E-state index in [1.807, 2.05) is 26.0 Å². The number of rotatable bonds is 4. The highest BCUT2D eigenvalue weighted by Gasteiger charge is 2.20. The van der Waals surface area contributed by atoms with Gasteiger partial charge in [0.25, 0.3) is 5.91 Å². The molecule has 4 nitrogen and oxygen atoms in total. The summed E-state index contributed by atoms with van der Waals surface area (Å²) >= 11 is 2.15. The Labute approximate surface area is 127 Å². The Morgan fingerprint density at radius 3 is 2.63 bits per heavy atom. The van der Waals surface area contributed by atoms with Gasteiger partial charge in [-0.25, -0.2) is 0 Å². The first-order chi connectivity index (χ1) is 8.88. The number of hydrogen-bond donors (Lipinski definition) is 1. The van der Waals surface area contributed by atoms with Gasteiger partial charge in [0.05, 0.1) is 5.56 Å². The number of benzene rings is 1. The van der Waals surface area contributed by atoms with Crippen LogP contribution < -0.4 is 5.32 Å². The van der Waals surface area contributed by atoms with Crippen molar-refractivity contribution >= 4 is 34.4 Å². The zero-order chi connectivity index (χ0) is 14.6. The van der Waals surface area contributed by atoms with Gasteiger partial charge < -0.3 is 10.2 Å². The van der Waals surface area contributed by atoms with Crippen molar-refractivity contribution in [2.24, 2.45) is 0 Å². The number of nitrogens with one attached hydrogen (secondary N) is 1. The van der Waals surface area contributed by atoms with Crippen molar-refractivity contribution < 1.29 is 9.59 Å². The molecule has 5 heteroatoms. The van der Waals surface area contributed by atoms with E-state index in [0.717, 1.165) is 9.13 Å². The minimum absolute atomic E-state index is 0.0847. The summed E-state index contributed by atoms with van der Waals surface area (Å²) in [6, 6.07) is 5.05. The number of aryl methyl sites for hydroxylation is 1. The lowest BCUT2D eigenvalue weighted by Gasteiger charge is -2.20. The third-order valence-corrected chi connectivity index (χ3v) is 4.44. The first-order valence-corrected chi connectivity index (χ1v) is 7.27. The summed E-state index contributed by atoms with van der Waals surface area (Å²) in [4.78, 5) is 25.6. The summed E-state index contributed by atoms with van der Waals surface area (Å²) in [7, 11) is 1.72. The molecule has 2 amide bonds. The van der Waals surface area contributed by atoms with Gasteiger partial charge in [0.15, 0.2) is 0 Å². The molecule has 1 atom stereocenters. The van der Waals surface area contributed by atoms with Crippen LogP contribution in [0.4, 0.5) is 0 Å². The Morgan fingerprint density at radius 1 is 1.42 bits per heavy atom. The van der Waals surface area contributed by atoms with Crippen LogP contribution in [0.5, 0.6) is 0 Å². The van der Waals surface area contributed by atoms with Gasteiger partial charge in [0.2, 0.25) is 5.91 Å². The Morgan fingerprint density at radius 2 is 2.05 bits per heavy atom. The standard InChI is InChI=1S/C14H19IN2O2/c1-5-17(4)14(19)10(3)16-13(18)11-8-6-7-9(2)12(11)15/h6-8,10H,5H2,1-4H3,(H,16,18). The van der Waals surface area contributed by atoms with Crippen molar-refractivity contribution in [3.8, 4) is 0 Å². The van der Waals surface area contributed by atoms with E-state index in [2.05, 4.69) is 27.9 Å². The lowest BCUT2D eigenvalue weighted by atomic mass is 10.1. The number of hydrogen-bond acceptors (Lipinski definition) is 2. The second-order valence-electron chi connectivity index (χ2n) is 4.48. The van der Waals surface area contributed by atoms with E-state index < -0.39 is 6.04 Å². The van der Waals surface area contributed by atoms with Gasteiger partial charge in [-0.2, -0.15) is 0 Å². The predicted molar refractivity (Wildman–Crippen MR) is 84.1 cm³/mol. The second-order valence-corrected chi connectivity index (χ2v) is 5.56. The van der Waals surface area contributed by atoms with Gasteiger partial charge in [-0.05, 0) is 55.0 Å². The maximum Gasteiger partial charge on any atom is 0.253 e. The number of nitrogens with zero attached hydrogens (tertiary/aromatic N) is 1. The van der Waals surface area contributed by atoms with Crippen molar-refractivity contribution in [1.82, 2.24) is 10.2 Å². The van der Waals surface area contributed by atoms with Crippen LogP contribution in [-0.4, -0.2) is 36.3 Å². The van der Waals surface area contributed by atoms with E-state index in [1.54, 1.807) is 24.9 Å². The van der Waals surface area contributed by atoms with Crippen LogP contribution in [-0.2, 0) is 4.79 Å². The van der Waals surface area contributed by atoms with Crippen LogP contribution in [0.1, 0.15) is 29.8 Å². The van der Waals surface area contributed by atoms with E-state index >= 15 is 0 Å². The summed E-state index contributed by atoms with van der Waals surface area (Å²) in [6.45, 7) is 6.18. The van der Waals surface area contributed by atoms with E-state index in [1.165, 1.54) is 0 Å². The first kappa shape index (κ1) is 15.9. The van der Waals surface area contributed by atoms with Crippen LogP contribution >= 0.6 is 22.6 Å². The minimum Gasteiger partial charge on any atom is -0.344 e. The van der Waals surface area contributed by atoms with Gasteiger partial charge >= 0.3 is 0 Å². The molecular weight excluding hydrogens is 355 g/mol. The third kappa shape index (κ3) is 3.92. The quantitative estimate of drug-likeness (QED) is 0.822. The highest BCUT2D eigenvalue weighted by molar-refractivity contribution is 14.1. The molecule has 0 aromatic heterocycles. The molecule has 0 saturated heterocycles. The molecular formula is C14H19IN2O2. The number of likely N-dealkylation sites (N-methyl/N-ethyl adjacent to an activating group) is 1. The van der Waals surface area contributed by atoms with Crippen LogP contribution in [0, 0.1) is 10.5 Å². The normalized spacial score (nSPS) is 11.8. The van der Waals surface area contributed by atoms with Crippen LogP contribution in [0.3, 0.4) is 0 Å². The fraction of sp³-hybridized carbons (Fsp3) is 0.429. The highest BCUT2D eigenvalue weighted by Crippen LogP contribution is 2.16. The molecule has 0 fully saturated rings. The minimum atomic E-state index is -0.520. The summed E-state index contributed by atoms with van der Waals surface area (Å²) < 4.78 is 0.918. The van der Waals surface area contributed by atoms with Crippen molar-refractivity contribution in [1.29, 1.82) is 0 Å². The lowest BCUT2D eigenvalue weighted by Crippen LogP contribution is -2.45. The van der Waals surface area contributed by atoms with Gasteiger partial charge in [0.1, 0.15) is 6.04 Å². The number of amides is 2. The molecule has 1 aromatic carbocycles. The molecule has 104 valence electrons. The summed E-state index contributed by atoms with van der Waals surface area (Å²) in [6.07, 6.45) is 0. The number of carbonyl (C=O) groups is 2. The predicted octanol–water partition coefficient (Wildman–Crippen LogP) is 2.20. The Balaban J connectivity index is 2.80. The van der Waals surface area contributed by atoms with E-state index in [9.17, 15) is 9.59 Å². The van der Waals surface area contributed by atoms with Crippen LogP contribution in [0.2, 0.25) is 0 Å². The van der Waals surface area contributed by atoms with Gasteiger partial charge in [-0.3, -0.25) is 9.59 Å². The molecule has 0 aliphatic rings. The molecule has 0 spiro atoms. The molecule has 1 unspecified atom stereocenters. The topological polar surface area (TPSA) is 49.4 Å². The average Bonchev–Trinajstić information content (AvgIpc) is 2.39. The first-order valence-electron chi connectivity index (χ1n) is 6.19. The molecule has 0 heterocycles. The van der Waals surface area contributed by atoms with Gasteiger partial charge in [-0.15, -0.1) is 0 Å². The number of halogens is 1. The Kier molecular flexibility index (Phi) is 5.78. The molecule has 1 N–H and O–H groups in total. The van der Waals surface area contributed by atoms with Crippen LogP contribution in [0.25, 0.3) is 0 Å². The smallest absolute Gasteiger partial charge is 0.253 e. The maximum atomic E-state index is 12.2. The van der Waals surface area contributed by atoms with Gasteiger partial charge in [-0.1, -0.05) is 12.1 Å². The largest absolute Gasteiger partial charge is 0.344 e. The molecule has 0 aliphatic carbocycles. The average molecular weight is 374 g/mol. The van der Waals surface area contributed by atoms with Crippen molar-refractivity contribution in [3.05, 3.63) is 32.9 Å². The highest BCUT2D eigenvalue weighted by atomic mass is 127. The van der Waals surface area contributed by atoms with E-state index in [4.69, 9.17) is 0 Å². The molecule has 19 heavy (non-hydrogen) atoms. The molecule has 0 aliphatic heterocycles. The summed E-state index contributed by atoms with van der Waals surface area (Å²) in [5.74, 6) is -0.294. The lowest BCUT2D eigenvalue weighted by molar-refractivity contribution is -0.131. The van der Waals surface area contributed by atoms with Crippen molar-refractivity contribution in [3.63, 3.8) is 0 Å². The van der Waals surface area contributed by atoms with Crippen LogP contribution in [0.15, 0.2) is 18.2 Å². The third-order valence-electron chi connectivity index (χ3n) is 3.01. The fourth-order valence-electron chi connectivity index (χ4n) is 1.65. The molecule has 0 radical (unpaired) electrons.